The number of aliphatic hydroxyl groups is 1. The van der Waals surface area contributed by atoms with Crippen LogP contribution in [0.25, 0.3) is 0 Å². The lowest BCUT2D eigenvalue weighted by Gasteiger charge is -2.38. The van der Waals surface area contributed by atoms with Gasteiger partial charge in [0.15, 0.2) is 0 Å². The number of alkyl halides is 1. The first kappa shape index (κ1) is 30.2. The summed E-state index contributed by atoms with van der Waals surface area (Å²) in [5, 5.41) is 9.52. The summed E-state index contributed by atoms with van der Waals surface area (Å²) in [6.07, 6.45) is 7.43. The van der Waals surface area contributed by atoms with Crippen molar-refractivity contribution in [1.82, 2.24) is 4.90 Å². The van der Waals surface area contributed by atoms with Crippen molar-refractivity contribution >= 4 is 62.8 Å². The minimum Gasteiger partial charge on any atom is -0.465 e. The second kappa shape index (κ2) is 13.2. The van der Waals surface area contributed by atoms with Crippen molar-refractivity contribution in [3.8, 4) is 0 Å². The molecule has 3 aliphatic heterocycles. The Morgan fingerprint density at radius 3 is 2.69 bits per heavy atom. The molecule has 6 atom stereocenters. The van der Waals surface area contributed by atoms with E-state index in [1.165, 1.54) is 0 Å². The van der Waals surface area contributed by atoms with Crippen LogP contribution in [-0.4, -0.2) is 75.0 Å². The number of ether oxygens (including phenoxy) is 1. The Bertz CT molecular complexity index is 1110. The number of hydrogen-bond acceptors (Lipinski definition) is 6. The number of nitrogens with zero attached hydrogens (tertiary/aromatic N) is 2. The van der Waals surface area contributed by atoms with Gasteiger partial charge in [-0.15, -0.1) is 24.9 Å². The standard InChI is InChI=1S/C29H36BrClN2O5S/c1-3-5-11-17-38-28(37)22-23-26(35)33(15-9-6-10-16-34)25(29(23)18-19(30)24(22)39-29)27(36)32(14-4-2)21-13-8-7-12-20(21)31/h3-4,7-8,12-13,19,22-25,34H,1-2,5-6,9-11,14-18H2/t19?,22-,23-,24-,25?,29?/m0/s1. The summed E-state index contributed by atoms with van der Waals surface area (Å²) in [5.74, 6) is -2.04. The summed E-state index contributed by atoms with van der Waals surface area (Å²) in [6, 6.07) is 6.38. The minimum atomic E-state index is -0.769. The maximum Gasteiger partial charge on any atom is 0.310 e. The third-order valence-corrected chi connectivity index (χ3v) is 11.4. The number of allylic oxidation sites excluding steroid dienone is 1. The molecule has 0 aliphatic carbocycles. The highest BCUT2D eigenvalue weighted by Crippen LogP contribution is 2.68. The Labute approximate surface area is 248 Å². The molecule has 2 amide bonds. The topological polar surface area (TPSA) is 87.1 Å². The maximum absolute atomic E-state index is 14.5. The Kier molecular flexibility index (Phi) is 10.2. The predicted molar refractivity (Wildman–Crippen MR) is 159 cm³/mol. The van der Waals surface area contributed by atoms with Crippen molar-refractivity contribution in [3.63, 3.8) is 0 Å². The smallest absolute Gasteiger partial charge is 0.310 e. The second-order valence-electron chi connectivity index (χ2n) is 10.3. The molecular weight excluding hydrogens is 604 g/mol. The summed E-state index contributed by atoms with van der Waals surface area (Å²) < 4.78 is 4.88. The molecule has 3 saturated heterocycles. The van der Waals surface area contributed by atoms with E-state index in [-0.39, 0.29) is 47.6 Å². The highest BCUT2D eigenvalue weighted by atomic mass is 79.9. The molecule has 1 N–H and O–H groups in total. The van der Waals surface area contributed by atoms with Crippen LogP contribution in [0.5, 0.6) is 0 Å². The lowest BCUT2D eigenvalue weighted by molar-refractivity contribution is -0.154. The van der Waals surface area contributed by atoms with E-state index < -0.39 is 22.6 Å². The molecule has 4 rings (SSSR count). The summed E-state index contributed by atoms with van der Waals surface area (Å²) >= 11 is 11.9. The number of benzene rings is 1. The number of para-hydroxylation sites is 1. The van der Waals surface area contributed by atoms with Crippen molar-refractivity contribution < 1.29 is 24.2 Å². The van der Waals surface area contributed by atoms with E-state index in [1.54, 1.807) is 51.9 Å². The predicted octanol–water partition coefficient (Wildman–Crippen LogP) is 5.00. The summed E-state index contributed by atoms with van der Waals surface area (Å²) in [4.78, 5) is 45.3. The molecule has 0 radical (unpaired) electrons. The molecule has 0 saturated carbocycles. The van der Waals surface area contributed by atoms with Crippen LogP contribution < -0.4 is 4.90 Å². The van der Waals surface area contributed by atoms with E-state index in [4.69, 9.17) is 16.3 Å². The average Bonchev–Trinajstić information content (AvgIpc) is 3.51. The van der Waals surface area contributed by atoms with Gasteiger partial charge in [-0.2, -0.15) is 0 Å². The number of esters is 1. The van der Waals surface area contributed by atoms with E-state index >= 15 is 0 Å². The van der Waals surface area contributed by atoms with Gasteiger partial charge >= 0.3 is 5.97 Å². The molecule has 39 heavy (non-hydrogen) atoms. The molecule has 1 spiro atoms. The highest BCUT2D eigenvalue weighted by Gasteiger charge is 2.76. The number of amides is 2. The summed E-state index contributed by atoms with van der Waals surface area (Å²) in [7, 11) is 0. The molecule has 3 unspecified atom stereocenters. The first-order valence-corrected chi connectivity index (χ1v) is 15.7. The van der Waals surface area contributed by atoms with Crippen LogP contribution in [0.15, 0.2) is 49.6 Å². The van der Waals surface area contributed by atoms with Crippen LogP contribution in [0.3, 0.4) is 0 Å². The van der Waals surface area contributed by atoms with E-state index in [9.17, 15) is 19.5 Å². The fourth-order valence-corrected chi connectivity index (χ4v) is 10.1. The van der Waals surface area contributed by atoms with E-state index in [2.05, 4.69) is 29.1 Å². The Hall–Kier alpha value is -1.81. The number of rotatable bonds is 14. The number of halogens is 2. The second-order valence-corrected chi connectivity index (χ2v) is 13.4. The van der Waals surface area contributed by atoms with Crippen molar-refractivity contribution in [2.45, 2.75) is 59.4 Å². The largest absolute Gasteiger partial charge is 0.465 e. The molecule has 1 aromatic rings. The zero-order chi connectivity index (χ0) is 28.2. The number of unbranched alkanes of at least 4 members (excludes halogenated alkanes) is 3. The van der Waals surface area contributed by atoms with Crippen molar-refractivity contribution in [3.05, 3.63) is 54.6 Å². The van der Waals surface area contributed by atoms with Gasteiger partial charge in [0.25, 0.3) is 5.91 Å². The zero-order valence-electron chi connectivity index (χ0n) is 22.0. The van der Waals surface area contributed by atoms with Gasteiger partial charge in [0, 0.05) is 29.8 Å². The summed E-state index contributed by atoms with van der Waals surface area (Å²) in [6.45, 7) is 8.50. The number of thioether (sulfide) groups is 1. The third-order valence-electron chi connectivity index (χ3n) is 7.87. The highest BCUT2D eigenvalue weighted by molar-refractivity contribution is 9.09. The lowest BCUT2D eigenvalue weighted by atomic mass is 9.71. The van der Waals surface area contributed by atoms with E-state index in [1.807, 2.05) is 6.07 Å². The molecule has 1 aromatic carbocycles. The number of carbonyl (C=O) groups excluding carboxylic acids is 3. The summed E-state index contributed by atoms with van der Waals surface area (Å²) in [5.41, 5.74) is 0.558. The Morgan fingerprint density at radius 1 is 1.23 bits per heavy atom. The van der Waals surface area contributed by atoms with Gasteiger partial charge in [-0.1, -0.05) is 51.8 Å². The lowest BCUT2D eigenvalue weighted by Crippen LogP contribution is -2.55. The van der Waals surface area contributed by atoms with E-state index in [0.717, 1.165) is 12.8 Å². The van der Waals surface area contributed by atoms with Crippen LogP contribution in [0.2, 0.25) is 5.02 Å². The Morgan fingerprint density at radius 2 is 2.00 bits per heavy atom. The van der Waals surface area contributed by atoms with Gasteiger partial charge in [-0.25, -0.2) is 0 Å². The van der Waals surface area contributed by atoms with E-state index in [0.29, 0.717) is 42.9 Å². The Balaban J connectivity index is 1.71. The molecular formula is C29H36BrClN2O5S. The maximum atomic E-state index is 14.5. The third kappa shape index (κ3) is 5.69. The minimum absolute atomic E-state index is 0.0323. The first-order chi connectivity index (χ1) is 18.8. The van der Waals surface area contributed by atoms with Crippen LogP contribution >= 0.6 is 39.3 Å². The van der Waals surface area contributed by atoms with Crippen molar-refractivity contribution in [2.75, 3.05) is 31.2 Å². The molecule has 2 bridgehead atoms. The first-order valence-electron chi connectivity index (χ1n) is 13.5. The van der Waals surface area contributed by atoms with Crippen LogP contribution in [0, 0.1) is 11.8 Å². The monoisotopic (exact) mass is 638 g/mol. The fraction of sp³-hybridized carbons (Fsp3) is 0.552. The fourth-order valence-electron chi connectivity index (χ4n) is 6.24. The number of fused-ring (bicyclic) bond motifs is 1. The SMILES string of the molecule is C=CCCCOC(=O)[C@H]1[C@H]2C(=O)N(CCCCCO)C(C(=O)N(CC=C)c3ccccc3Cl)C23CC(Br)[C@@H]1S3. The van der Waals surface area contributed by atoms with Gasteiger partial charge in [0.2, 0.25) is 5.91 Å². The number of aliphatic hydroxyl groups excluding tert-OH is 1. The number of likely N-dealkylation sites (tertiary alicyclic amines) is 1. The quantitative estimate of drug-likeness (QED) is 0.134. The number of hydrogen-bond donors (Lipinski definition) is 1. The van der Waals surface area contributed by atoms with Crippen LogP contribution in [0.4, 0.5) is 5.69 Å². The molecule has 3 heterocycles. The number of anilines is 1. The zero-order valence-corrected chi connectivity index (χ0v) is 25.1. The molecule has 212 valence electrons. The number of carbonyl (C=O) groups is 3. The normalized spacial score (nSPS) is 28.8. The molecule has 3 fully saturated rings. The van der Waals surface area contributed by atoms with Crippen molar-refractivity contribution in [1.29, 1.82) is 0 Å². The van der Waals surface area contributed by atoms with Gasteiger partial charge in [0.05, 0.1) is 33.9 Å². The van der Waals surface area contributed by atoms with Crippen LogP contribution in [-0.2, 0) is 19.1 Å². The van der Waals surface area contributed by atoms with Crippen molar-refractivity contribution in [2.24, 2.45) is 11.8 Å². The molecule has 7 nitrogen and oxygen atoms in total. The average molecular weight is 640 g/mol. The molecule has 10 heteroatoms. The van der Waals surface area contributed by atoms with Gasteiger partial charge in [-0.05, 0) is 50.7 Å². The van der Waals surface area contributed by atoms with Crippen LogP contribution in [0.1, 0.15) is 38.5 Å². The van der Waals surface area contributed by atoms with Gasteiger partial charge in [-0.3, -0.25) is 14.4 Å². The van der Waals surface area contributed by atoms with Gasteiger partial charge in [0.1, 0.15) is 6.04 Å². The molecule has 0 aromatic heterocycles. The molecule has 3 aliphatic rings. The van der Waals surface area contributed by atoms with Gasteiger partial charge < -0.3 is 19.6 Å².